The largest absolute Gasteiger partial charge is 0.382 e. The van der Waals surface area contributed by atoms with Crippen LogP contribution in [0.1, 0.15) is 6.92 Å². The number of hydrogen-bond acceptors (Lipinski definition) is 6. The number of ether oxygens (including phenoxy) is 3. The van der Waals surface area contributed by atoms with Crippen molar-refractivity contribution in [1.82, 2.24) is 9.80 Å². The summed E-state index contributed by atoms with van der Waals surface area (Å²) < 4.78 is 15.8. The quantitative estimate of drug-likeness (QED) is 0.524. The van der Waals surface area contributed by atoms with Crippen LogP contribution in [0.15, 0.2) is 0 Å². The van der Waals surface area contributed by atoms with E-state index >= 15 is 0 Å². The SMILES string of the molecule is COCCOCCOCCN1CCN(C(C)CN)CC1. The molecule has 1 saturated heterocycles. The van der Waals surface area contributed by atoms with Gasteiger partial charge >= 0.3 is 0 Å². The Labute approximate surface area is 123 Å². The van der Waals surface area contributed by atoms with Crippen molar-refractivity contribution < 1.29 is 14.2 Å². The van der Waals surface area contributed by atoms with Crippen LogP contribution in [0.2, 0.25) is 0 Å². The molecule has 0 bridgehead atoms. The summed E-state index contributed by atoms with van der Waals surface area (Å²) in [7, 11) is 1.67. The molecular formula is C14H31N3O3. The lowest BCUT2D eigenvalue weighted by molar-refractivity contribution is 0.0144. The summed E-state index contributed by atoms with van der Waals surface area (Å²) in [5, 5.41) is 0. The highest BCUT2D eigenvalue weighted by Crippen LogP contribution is 2.05. The maximum atomic E-state index is 5.70. The van der Waals surface area contributed by atoms with Gasteiger partial charge in [0.2, 0.25) is 0 Å². The van der Waals surface area contributed by atoms with E-state index in [4.69, 9.17) is 19.9 Å². The van der Waals surface area contributed by atoms with E-state index < -0.39 is 0 Å². The molecule has 1 rings (SSSR count). The molecule has 0 radical (unpaired) electrons. The summed E-state index contributed by atoms with van der Waals surface area (Å²) in [5.41, 5.74) is 5.70. The van der Waals surface area contributed by atoms with Gasteiger partial charge in [0.05, 0.1) is 33.0 Å². The van der Waals surface area contributed by atoms with Crippen molar-refractivity contribution in [2.24, 2.45) is 5.73 Å². The first-order valence-corrected chi connectivity index (χ1v) is 7.58. The molecular weight excluding hydrogens is 258 g/mol. The third-order valence-corrected chi connectivity index (χ3v) is 3.73. The molecule has 1 fully saturated rings. The second-order valence-electron chi connectivity index (χ2n) is 5.18. The van der Waals surface area contributed by atoms with Crippen molar-refractivity contribution in [2.45, 2.75) is 13.0 Å². The van der Waals surface area contributed by atoms with E-state index in [-0.39, 0.29) is 0 Å². The fraction of sp³-hybridized carbons (Fsp3) is 1.00. The van der Waals surface area contributed by atoms with E-state index in [1.54, 1.807) is 7.11 Å². The lowest BCUT2D eigenvalue weighted by Crippen LogP contribution is -2.51. The molecule has 0 aromatic heterocycles. The monoisotopic (exact) mass is 289 g/mol. The Morgan fingerprint density at radius 1 is 0.950 bits per heavy atom. The summed E-state index contributed by atoms with van der Waals surface area (Å²) >= 11 is 0. The molecule has 120 valence electrons. The predicted octanol–water partition coefficient (Wildman–Crippen LogP) is -0.369. The van der Waals surface area contributed by atoms with Gasteiger partial charge in [-0.05, 0) is 6.92 Å². The number of hydrogen-bond donors (Lipinski definition) is 1. The standard InChI is InChI=1S/C14H31N3O3/c1-14(13-15)17-5-3-16(4-6-17)7-8-19-11-12-20-10-9-18-2/h14H,3-13,15H2,1-2H3. The normalized spacial score (nSPS) is 19.4. The summed E-state index contributed by atoms with van der Waals surface area (Å²) in [5.74, 6) is 0. The maximum Gasteiger partial charge on any atom is 0.0701 e. The van der Waals surface area contributed by atoms with Crippen molar-refractivity contribution in [2.75, 3.05) is 79.4 Å². The highest BCUT2D eigenvalue weighted by molar-refractivity contribution is 4.76. The van der Waals surface area contributed by atoms with Gasteiger partial charge in [-0.2, -0.15) is 0 Å². The van der Waals surface area contributed by atoms with Crippen LogP contribution in [-0.4, -0.2) is 95.3 Å². The fourth-order valence-electron chi connectivity index (χ4n) is 2.23. The van der Waals surface area contributed by atoms with Crippen LogP contribution in [-0.2, 0) is 14.2 Å². The van der Waals surface area contributed by atoms with Gasteiger partial charge in [0.1, 0.15) is 0 Å². The van der Waals surface area contributed by atoms with Crippen molar-refractivity contribution >= 4 is 0 Å². The highest BCUT2D eigenvalue weighted by Gasteiger charge is 2.19. The lowest BCUT2D eigenvalue weighted by atomic mass is 10.2. The van der Waals surface area contributed by atoms with E-state index in [1.807, 2.05) is 0 Å². The Kier molecular flexibility index (Phi) is 10.2. The highest BCUT2D eigenvalue weighted by atomic mass is 16.5. The van der Waals surface area contributed by atoms with Crippen LogP contribution >= 0.6 is 0 Å². The molecule has 0 aromatic carbocycles. The van der Waals surface area contributed by atoms with E-state index in [0.717, 1.165) is 45.9 Å². The molecule has 1 heterocycles. The van der Waals surface area contributed by atoms with Gasteiger partial charge in [-0.25, -0.2) is 0 Å². The molecule has 1 atom stereocenters. The minimum absolute atomic E-state index is 0.498. The van der Waals surface area contributed by atoms with Crippen LogP contribution in [0.5, 0.6) is 0 Å². The topological polar surface area (TPSA) is 60.2 Å². The molecule has 1 unspecified atom stereocenters. The molecule has 0 amide bonds. The molecule has 2 N–H and O–H groups in total. The van der Waals surface area contributed by atoms with Crippen molar-refractivity contribution in [1.29, 1.82) is 0 Å². The Morgan fingerprint density at radius 3 is 2.15 bits per heavy atom. The number of nitrogens with two attached hydrogens (primary N) is 1. The van der Waals surface area contributed by atoms with Crippen LogP contribution in [0, 0.1) is 0 Å². The zero-order valence-electron chi connectivity index (χ0n) is 13.1. The number of methoxy groups -OCH3 is 1. The first-order chi connectivity index (χ1) is 9.77. The molecule has 1 aliphatic rings. The fourth-order valence-corrected chi connectivity index (χ4v) is 2.23. The second-order valence-corrected chi connectivity index (χ2v) is 5.18. The molecule has 0 aromatic rings. The molecule has 6 heteroatoms. The first kappa shape index (κ1) is 17.8. The van der Waals surface area contributed by atoms with E-state index in [0.29, 0.717) is 32.5 Å². The second kappa shape index (κ2) is 11.4. The zero-order chi connectivity index (χ0) is 14.6. The average Bonchev–Trinajstić information content (AvgIpc) is 2.50. The van der Waals surface area contributed by atoms with Gasteiger partial charge in [0.25, 0.3) is 0 Å². The van der Waals surface area contributed by atoms with Crippen molar-refractivity contribution in [3.05, 3.63) is 0 Å². The maximum absolute atomic E-state index is 5.70. The van der Waals surface area contributed by atoms with Gasteiger partial charge in [-0.15, -0.1) is 0 Å². The van der Waals surface area contributed by atoms with Crippen LogP contribution in [0.25, 0.3) is 0 Å². The molecule has 1 aliphatic heterocycles. The molecule has 6 nitrogen and oxygen atoms in total. The Bertz CT molecular complexity index is 224. The summed E-state index contributed by atoms with van der Waals surface area (Å²) in [6, 6.07) is 0.498. The van der Waals surface area contributed by atoms with Gasteiger partial charge in [0.15, 0.2) is 0 Å². The smallest absolute Gasteiger partial charge is 0.0701 e. The molecule has 0 aliphatic carbocycles. The molecule has 20 heavy (non-hydrogen) atoms. The van der Waals surface area contributed by atoms with Crippen molar-refractivity contribution in [3.63, 3.8) is 0 Å². The van der Waals surface area contributed by atoms with Crippen LogP contribution in [0.3, 0.4) is 0 Å². The van der Waals surface area contributed by atoms with Gasteiger partial charge in [-0.1, -0.05) is 0 Å². The average molecular weight is 289 g/mol. The Morgan fingerprint density at radius 2 is 1.55 bits per heavy atom. The van der Waals surface area contributed by atoms with Crippen molar-refractivity contribution in [3.8, 4) is 0 Å². The number of piperazine rings is 1. The first-order valence-electron chi connectivity index (χ1n) is 7.58. The van der Waals surface area contributed by atoms with E-state index in [1.165, 1.54) is 0 Å². The Balaban J connectivity index is 1.91. The number of nitrogens with zero attached hydrogens (tertiary/aromatic N) is 2. The van der Waals surface area contributed by atoms with E-state index in [9.17, 15) is 0 Å². The number of rotatable bonds is 11. The Hall–Kier alpha value is -0.240. The van der Waals surface area contributed by atoms with Gasteiger partial charge < -0.3 is 19.9 Å². The summed E-state index contributed by atoms with van der Waals surface area (Å²) in [4.78, 5) is 4.91. The van der Waals surface area contributed by atoms with Gasteiger partial charge in [0, 0.05) is 52.4 Å². The predicted molar refractivity (Wildman–Crippen MR) is 80.0 cm³/mol. The third kappa shape index (κ3) is 7.52. The van der Waals surface area contributed by atoms with Crippen LogP contribution < -0.4 is 5.73 Å². The summed E-state index contributed by atoms with van der Waals surface area (Å²) in [6.07, 6.45) is 0. The minimum atomic E-state index is 0.498. The minimum Gasteiger partial charge on any atom is -0.382 e. The molecule has 0 spiro atoms. The van der Waals surface area contributed by atoms with Gasteiger partial charge in [-0.3, -0.25) is 9.80 Å². The lowest BCUT2D eigenvalue weighted by Gasteiger charge is -2.37. The summed E-state index contributed by atoms with van der Waals surface area (Å²) in [6.45, 7) is 11.7. The molecule has 0 saturated carbocycles. The third-order valence-electron chi connectivity index (χ3n) is 3.73. The zero-order valence-corrected chi connectivity index (χ0v) is 13.1. The van der Waals surface area contributed by atoms with E-state index in [2.05, 4.69) is 16.7 Å². The van der Waals surface area contributed by atoms with Crippen LogP contribution in [0.4, 0.5) is 0 Å².